The second-order valence-corrected chi connectivity index (χ2v) is 12.7. The molecule has 34 heavy (non-hydrogen) atoms. The Morgan fingerprint density at radius 1 is 1.18 bits per heavy atom. The minimum atomic E-state index is -2.51. The number of nitrogens with one attached hydrogen (secondary N) is 2. The highest BCUT2D eigenvalue weighted by Crippen LogP contribution is 2.40. The van der Waals surface area contributed by atoms with Crippen LogP contribution in [0, 0.1) is 11.3 Å². The summed E-state index contributed by atoms with van der Waals surface area (Å²) in [5.74, 6) is 1.86. The molecule has 0 spiro atoms. The molecule has 1 aliphatic heterocycles. The van der Waals surface area contributed by atoms with Gasteiger partial charge in [-0.3, -0.25) is 0 Å². The number of likely N-dealkylation sites (N-methyl/N-ethyl adjacent to an activating group) is 1. The van der Waals surface area contributed by atoms with Crippen LogP contribution in [0.4, 0.5) is 23.3 Å². The van der Waals surface area contributed by atoms with Crippen molar-refractivity contribution in [3.63, 3.8) is 0 Å². The van der Waals surface area contributed by atoms with Crippen LogP contribution in [0.5, 0.6) is 0 Å². The SMILES string of the molecule is CN1Cc2cc(Nc3ncc(C#N)c(Nc4cccc(P(C)(C)=O)n4)n3)cc3c2C(CCC3)C1. The lowest BCUT2D eigenvalue weighted by Crippen LogP contribution is -2.33. The number of pyridine rings is 1. The maximum atomic E-state index is 12.4. The van der Waals surface area contributed by atoms with E-state index in [4.69, 9.17) is 0 Å². The molecular weight excluding hydrogens is 445 g/mol. The fourth-order valence-corrected chi connectivity index (χ4v) is 5.77. The second-order valence-electron chi connectivity index (χ2n) is 9.54. The second kappa shape index (κ2) is 8.83. The van der Waals surface area contributed by atoms with E-state index in [0.717, 1.165) is 25.2 Å². The van der Waals surface area contributed by atoms with Crippen molar-refractivity contribution in [1.82, 2.24) is 19.9 Å². The average Bonchev–Trinajstić information content (AvgIpc) is 2.79. The zero-order chi connectivity index (χ0) is 23.9. The summed E-state index contributed by atoms with van der Waals surface area (Å²) in [6.45, 7) is 5.42. The third kappa shape index (κ3) is 4.54. The van der Waals surface area contributed by atoms with E-state index in [1.165, 1.54) is 35.7 Å². The monoisotopic (exact) mass is 473 g/mol. The van der Waals surface area contributed by atoms with E-state index in [1.807, 2.05) is 0 Å². The topological polar surface area (TPSA) is 107 Å². The van der Waals surface area contributed by atoms with E-state index in [2.05, 4.69) is 55.7 Å². The molecular formula is C25H28N7OP. The number of nitrogens with zero attached hydrogens (tertiary/aromatic N) is 5. The summed E-state index contributed by atoms with van der Waals surface area (Å²) in [6.07, 6.45) is 5.06. The summed E-state index contributed by atoms with van der Waals surface area (Å²) in [6, 6.07) is 11.8. The maximum absolute atomic E-state index is 12.4. The molecule has 0 radical (unpaired) electrons. The third-order valence-electron chi connectivity index (χ3n) is 6.43. The number of hydrogen-bond donors (Lipinski definition) is 2. The van der Waals surface area contributed by atoms with Crippen molar-refractivity contribution in [1.29, 1.82) is 5.26 Å². The molecule has 3 aromatic rings. The minimum absolute atomic E-state index is 0.305. The number of aromatic nitrogens is 3. The molecule has 2 N–H and O–H groups in total. The first-order valence-corrected chi connectivity index (χ1v) is 14.1. The van der Waals surface area contributed by atoms with Crippen LogP contribution in [-0.4, -0.2) is 46.8 Å². The Labute approximate surface area is 199 Å². The highest BCUT2D eigenvalue weighted by molar-refractivity contribution is 7.69. The lowest BCUT2D eigenvalue weighted by atomic mass is 9.77. The van der Waals surface area contributed by atoms with Crippen LogP contribution in [0.25, 0.3) is 0 Å². The van der Waals surface area contributed by atoms with E-state index < -0.39 is 7.14 Å². The molecule has 2 aromatic heterocycles. The average molecular weight is 474 g/mol. The van der Waals surface area contributed by atoms with E-state index in [-0.39, 0.29) is 0 Å². The Hall–Kier alpha value is -3.27. The molecule has 1 unspecified atom stereocenters. The van der Waals surface area contributed by atoms with Gasteiger partial charge in [0, 0.05) is 18.8 Å². The van der Waals surface area contributed by atoms with E-state index in [1.54, 1.807) is 31.5 Å². The maximum Gasteiger partial charge on any atom is 0.229 e. The molecule has 1 aliphatic carbocycles. The molecule has 174 valence electrons. The van der Waals surface area contributed by atoms with Gasteiger partial charge in [-0.05, 0) is 86.5 Å². The van der Waals surface area contributed by atoms with Gasteiger partial charge in [0.15, 0.2) is 5.82 Å². The molecule has 1 aromatic carbocycles. The summed E-state index contributed by atoms with van der Waals surface area (Å²) in [4.78, 5) is 15.8. The van der Waals surface area contributed by atoms with Gasteiger partial charge in [-0.25, -0.2) is 9.97 Å². The van der Waals surface area contributed by atoms with Crippen LogP contribution >= 0.6 is 7.14 Å². The van der Waals surface area contributed by atoms with Crippen LogP contribution < -0.4 is 16.1 Å². The largest absolute Gasteiger partial charge is 0.324 e. The van der Waals surface area contributed by atoms with Crippen molar-refractivity contribution >= 4 is 35.8 Å². The zero-order valence-corrected chi connectivity index (χ0v) is 20.6. The number of aryl methyl sites for hydroxylation is 1. The Morgan fingerprint density at radius 2 is 2.00 bits per heavy atom. The highest BCUT2D eigenvalue weighted by Gasteiger charge is 2.29. The van der Waals surface area contributed by atoms with Gasteiger partial charge in [0.05, 0.1) is 6.20 Å². The normalized spacial score (nSPS) is 17.5. The third-order valence-corrected chi connectivity index (χ3v) is 7.78. The predicted molar refractivity (Wildman–Crippen MR) is 135 cm³/mol. The molecule has 0 amide bonds. The molecule has 0 fully saturated rings. The Kier molecular flexibility index (Phi) is 5.85. The molecule has 9 heteroatoms. The van der Waals surface area contributed by atoms with Crippen molar-refractivity contribution < 1.29 is 4.57 Å². The first kappa shape index (κ1) is 22.5. The molecule has 5 rings (SSSR count). The van der Waals surface area contributed by atoms with Crippen molar-refractivity contribution in [2.45, 2.75) is 31.7 Å². The Morgan fingerprint density at radius 3 is 2.79 bits per heavy atom. The van der Waals surface area contributed by atoms with Gasteiger partial charge in [-0.2, -0.15) is 10.2 Å². The first-order valence-electron chi connectivity index (χ1n) is 11.5. The summed E-state index contributed by atoms with van der Waals surface area (Å²) in [5, 5.41) is 16.0. The summed E-state index contributed by atoms with van der Waals surface area (Å²) in [5.41, 5.74) is 6.11. The molecule has 0 saturated carbocycles. The number of hydrogen-bond acceptors (Lipinski definition) is 8. The molecule has 1 atom stereocenters. The standard InChI is InChI=1S/C25H28N7OP/c1-32-14-17-7-4-6-16-10-20(11-18(15-32)23(16)17)28-25-27-13-19(12-26)24(31-25)30-21-8-5-9-22(29-21)34(2,3)33/h5,8-11,13,17H,4,6-7,14-15H2,1-3H3,(H2,27,28,29,30,31). The highest BCUT2D eigenvalue weighted by atomic mass is 31.2. The molecule has 0 saturated heterocycles. The van der Waals surface area contributed by atoms with Crippen LogP contribution in [-0.2, 0) is 17.5 Å². The van der Waals surface area contributed by atoms with Gasteiger partial charge in [0.25, 0.3) is 0 Å². The number of benzene rings is 1. The van der Waals surface area contributed by atoms with Gasteiger partial charge in [-0.1, -0.05) is 6.07 Å². The predicted octanol–water partition coefficient (Wildman–Crippen LogP) is 4.34. The van der Waals surface area contributed by atoms with Gasteiger partial charge >= 0.3 is 0 Å². The fourth-order valence-electron chi connectivity index (χ4n) is 4.97. The summed E-state index contributed by atoms with van der Waals surface area (Å²) >= 11 is 0. The number of rotatable bonds is 5. The Bertz CT molecular complexity index is 1340. The van der Waals surface area contributed by atoms with Crippen LogP contribution in [0.3, 0.4) is 0 Å². The molecule has 8 nitrogen and oxygen atoms in total. The van der Waals surface area contributed by atoms with E-state index >= 15 is 0 Å². The number of nitriles is 1. The fraction of sp³-hybridized carbons (Fsp3) is 0.360. The van der Waals surface area contributed by atoms with E-state index in [9.17, 15) is 9.83 Å². The van der Waals surface area contributed by atoms with Gasteiger partial charge in [-0.15, -0.1) is 0 Å². The van der Waals surface area contributed by atoms with Crippen molar-refractivity contribution in [3.05, 3.63) is 58.8 Å². The van der Waals surface area contributed by atoms with Crippen LogP contribution in [0.15, 0.2) is 36.5 Å². The lowest BCUT2D eigenvalue weighted by Gasteiger charge is -2.37. The summed E-state index contributed by atoms with van der Waals surface area (Å²) < 4.78 is 12.4. The first-order chi connectivity index (χ1) is 16.3. The lowest BCUT2D eigenvalue weighted by molar-refractivity contribution is 0.266. The van der Waals surface area contributed by atoms with Crippen molar-refractivity contribution in [3.8, 4) is 6.07 Å². The van der Waals surface area contributed by atoms with Gasteiger partial charge in [0.2, 0.25) is 5.95 Å². The minimum Gasteiger partial charge on any atom is -0.324 e. The van der Waals surface area contributed by atoms with Gasteiger partial charge < -0.3 is 20.1 Å². The molecule has 2 aliphatic rings. The van der Waals surface area contributed by atoms with Crippen LogP contribution in [0.1, 0.15) is 41.0 Å². The quantitative estimate of drug-likeness (QED) is 0.527. The Balaban J connectivity index is 1.44. The smallest absolute Gasteiger partial charge is 0.229 e. The zero-order valence-electron chi connectivity index (χ0n) is 19.7. The van der Waals surface area contributed by atoms with E-state index in [0.29, 0.717) is 34.5 Å². The van der Waals surface area contributed by atoms with Crippen molar-refractivity contribution in [2.24, 2.45) is 0 Å². The number of anilines is 4. The van der Waals surface area contributed by atoms with Crippen LogP contribution in [0.2, 0.25) is 0 Å². The van der Waals surface area contributed by atoms with Crippen molar-refractivity contribution in [2.75, 3.05) is 37.6 Å². The molecule has 3 heterocycles. The molecule has 0 bridgehead atoms. The van der Waals surface area contributed by atoms with Gasteiger partial charge in [0.1, 0.15) is 30.0 Å². The summed E-state index contributed by atoms with van der Waals surface area (Å²) in [7, 11) is -0.332.